The van der Waals surface area contributed by atoms with Crippen LogP contribution in [0, 0.1) is 20.8 Å². The number of hydrogen-bond donors (Lipinski definition) is 0. The molecule has 0 heterocycles. The fourth-order valence-corrected chi connectivity index (χ4v) is 5.68. The third-order valence-corrected chi connectivity index (χ3v) is 6.63. The van der Waals surface area contributed by atoms with Gasteiger partial charge in [0.2, 0.25) is 0 Å². The van der Waals surface area contributed by atoms with Crippen LogP contribution >= 0.6 is 10.3 Å². The van der Waals surface area contributed by atoms with E-state index in [-0.39, 0.29) is 5.75 Å². The monoisotopic (exact) mass is 344 g/mol. The molecular formula is C13H19F3O3S2. The van der Waals surface area contributed by atoms with E-state index in [1.54, 1.807) is 0 Å². The molecule has 0 N–H and O–H groups in total. The predicted octanol–water partition coefficient (Wildman–Crippen LogP) is 3.96. The summed E-state index contributed by atoms with van der Waals surface area (Å²) < 4.78 is 64.0. The number of benzene rings is 1. The Hall–Kier alpha value is -0.730. The van der Waals surface area contributed by atoms with Crippen molar-refractivity contribution >= 4 is 20.4 Å². The van der Waals surface area contributed by atoms with E-state index in [9.17, 15) is 21.6 Å². The maximum Gasteiger partial charge on any atom is 0.523 e. The summed E-state index contributed by atoms with van der Waals surface area (Å²) in [5, 5.41) is 0. The standard InChI is InChI=1S/C13H19F3O3S2/c1-9-6-10(2)12(11(3)7-9)8-20(4,5)19-21(17,18)13(14,15)16/h6-7H,8H2,1-5H3. The van der Waals surface area contributed by atoms with Crippen molar-refractivity contribution in [2.45, 2.75) is 32.0 Å². The SMILES string of the molecule is Cc1cc(C)c(CS(C)(C)OS(=O)(=O)C(F)(F)F)c(C)c1. The Morgan fingerprint density at radius 1 is 1.05 bits per heavy atom. The Kier molecular flexibility index (Phi) is 5.07. The van der Waals surface area contributed by atoms with Gasteiger partial charge in [-0.3, -0.25) is 0 Å². The van der Waals surface area contributed by atoms with Crippen LogP contribution in [0.1, 0.15) is 22.3 Å². The molecule has 1 rings (SSSR count). The highest BCUT2D eigenvalue weighted by molar-refractivity contribution is 8.31. The second-order valence-electron chi connectivity index (χ2n) is 5.43. The van der Waals surface area contributed by atoms with Gasteiger partial charge in [-0.15, -0.1) is 10.3 Å². The first-order valence-corrected chi connectivity index (χ1v) is 10.0. The number of rotatable bonds is 4. The molecule has 0 bridgehead atoms. The van der Waals surface area contributed by atoms with Gasteiger partial charge in [0.1, 0.15) is 0 Å². The molecule has 0 radical (unpaired) electrons. The van der Waals surface area contributed by atoms with Gasteiger partial charge in [0, 0.05) is 5.75 Å². The zero-order chi connectivity index (χ0) is 16.6. The van der Waals surface area contributed by atoms with Crippen LogP contribution < -0.4 is 0 Å². The van der Waals surface area contributed by atoms with E-state index in [0.29, 0.717) is 0 Å². The lowest BCUT2D eigenvalue weighted by Crippen LogP contribution is -2.27. The summed E-state index contributed by atoms with van der Waals surface area (Å²) in [7, 11) is -8.01. The average molecular weight is 344 g/mol. The fraction of sp³-hybridized carbons (Fsp3) is 0.538. The number of alkyl halides is 3. The van der Waals surface area contributed by atoms with Gasteiger partial charge in [-0.2, -0.15) is 21.6 Å². The van der Waals surface area contributed by atoms with Gasteiger partial charge in [-0.05, 0) is 50.0 Å². The van der Waals surface area contributed by atoms with Crippen LogP contribution in [0.3, 0.4) is 0 Å². The highest BCUT2D eigenvalue weighted by Crippen LogP contribution is 2.49. The minimum absolute atomic E-state index is 0.153. The van der Waals surface area contributed by atoms with Gasteiger partial charge in [-0.25, -0.2) is 3.63 Å². The second kappa shape index (κ2) is 5.81. The molecule has 1 aromatic rings. The van der Waals surface area contributed by atoms with E-state index in [4.69, 9.17) is 0 Å². The molecule has 0 unspecified atom stereocenters. The summed E-state index contributed by atoms with van der Waals surface area (Å²) in [5.74, 6) is 0.153. The number of halogens is 3. The van der Waals surface area contributed by atoms with Crippen molar-refractivity contribution in [3.63, 3.8) is 0 Å². The molecule has 0 aromatic heterocycles. The van der Waals surface area contributed by atoms with Crippen LogP contribution in [-0.4, -0.2) is 26.4 Å². The first-order valence-electron chi connectivity index (χ1n) is 6.05. The second-order valence-corrected chi connectivity index (χ2v) is 10.5. The zero-order valence-electron chi connectivity index (χ0n) is 12.5. The van der Waals surface area contributed by atoms with Crippen LogP contribution in [0.5, 0.6) is 0 Å². The van der Waals surface area contributed by atoms with E-state index in [1.807, 2.05) is 32.9 Å². The Morgan fingerprint density at radius 2 is 1.48 bits per heavy atom. The van der Waals surface area contributed by atoms with E-state index >= 15 is 0 Å². The molecule has 0 atom stereocenters. The lowest BCUT2D eigenvalue weighted by atomic mass is 10.0. The lowest BCUT2D eigenvalue weighted by molar-refractivity contribution is -0.0496. The van der Waals surface area contributed by atoms with Crippen LogP contribution in [0.4, 0.5) is 13.2 Å². The summed E-state index contributed by atoms with van der Waals surface area (Å²) >= 11 is 0. The minimum atomic E-state index is -5.57. The molecule has 0 spiro atoms. The molecule has 1 aromatic carbocycles. The van der Waals surface area contributed by atoms with Crippen molar-refractivity contribution in [2.75, 3.05) is 12.5 Å². The van der Waals surface area contributed by atoms with Gasteiger partial charge in [-0.1, -0.05) is 17.7 Å². The van der Waals surface area contributed by atoms with Crippen LogP contribution in [-0.2, 0) is 19.5 Å². The summed E-state index contributed by atoms with van der Waals surface area (Å²) in [6.45, 7) is 5.62. The van der Waals surface area contributed by atoms with Crippen molar-refractivity contribution in [2.24, 2.45) is 0 Å². The summed E-state index contributed by atoms with van der Waals surface area (Å²) in [5.41, 5.74) is -1.68. The highest BCUT2D eigenvalue weighted by atomic mass is 32.3. The molecule has 0 aliphatic heterocycles. The molecule has 0 fully saturated rings. The molecule has 122 valence electrons. The highest BCUT2D eigenvalue weighted by Gasteiger charge is 2.49. The van der Waals surface area contributed by atoms with Crippen molar-refractivity contribution in [1.82, 2.24) is 0 Å². The lowest BCUT2D eigenvalue weighted by Gasteiger charge is -2.31. The molecule has 0 aliphatic rings. The van der Waals surface area contributed by atoms with Gasteiger partial charge in [0.05, 0.1) is 0 Å². The minimum Gasteiger partial charge on any atom is -0.213 e. The van der Waals surface area contributed by atoms with Crippen molar-refractivity contribution in [3.8, 4) is 0 Å². The van der Waals surface area contributed by atoms with E-state index in [0.717, 1.165) is 22.3 Å². The maximum absolute atomic E-state index is 12.4. The Bertz CT molecular complexity index is 612. The van der Waals surface area contributed by atoms with Crippen LogP contribution in [0.15, 0.2) is 12.1 Å². The molecule has 21 heavy (non-hydrogen) atoms. The fourth-order valence-electron chi connectivity index (χ4n) is 2.09. The normalized spacial score (nSPS) is 14.3. The van der Waals surface area contributed by atoms with E-state index < -0.39 is 25.9 Å². The summed E-state index contributed by atoms with van der Waals surface area (Å²) in [4.78, 5) is 0. The van der Waals surface area contributed by atoms with Crippen molar-refractivity contribution in [1.29, 1.82) is 0 Å². The third-order valence-electron chi connectivity index (χ3n) is 2.89. The molecule has 0 amide bonds. The largest absolute Gasteiger partial charge is 0.523 e. The predicted molar refractivity (Wildman–Crippen MR) is 79.9 cm³/mol. The zero-order valence-corrected chi connectivity index (χ0v) is 14.2. The number of aryl methyl sites for hydroxylation is 3. The summed E-state index contributed by atoms with van der Waals surface area (Å²) in [6, 6.07) is 3.83. The maximum atomic E-state index is 12.4. The first-order chi connectivity index (χ1) is 9.25. The van der Waals surface area contributed by atoms with Crippen LogP contribution in [0.25, 0.3) is 0 Å². The smallest absolute Gasteiger partial charge is 0.213 e. The molecule has 0 saturated heterocycles. The van der Waals surface area contributed by atoms with Gasteiger partial charge in [0.15, 0.2) is 0 Å². The van der Waals surface area contributed by atoms with Gasteiger partial charge >= 0.3 is 15.6 Å². The van der Waals surface area contributed by atoms with Crippen molar-refractivity contribution in [3.05, 3.63) is 34.4 Å². The van der Waals surface area contributed by atoms with Gasteiger partial charge in [0.25, 0.3) is 0 Å². The molecule has 0 saturated carbocycles. The Balaban J connectivity index is 3.08. The first kappa shape index (κ1) is 18.3. The van der Waals surface area contributed by atoms with E-state index in [2.05, 4.69) is 3.63 Å². The molecule has 0 aliphatic carbocycles. The van der Waals surface area contributed by atoms with Crippen molar-refractivity contribution < 1.29 is 25.2 Å². The third kappa shape index (κ3) is 4.62. The van der Waals surface area contributed by atoms with Crippen LogP contribution in [0.2, 0.25) is 0 Å². The average Bonchev–Trinajstić information content (AvgIpc) is 2.20. The topological polar surface area (TPSA) is 43.4 Å². The molecule has 8 heteroatoms. The summed E-state index contributed by atoms with van der Waals surface area (Å²) in [6.07, 6.45) is 2.82. The Labute approximate surface area is 125 Å². The molecular weight excluding hydrogens is 325 g/mol. The van der Waals surface area contributed by atoms with Gasteiger partial charge < -0.3 is 0 Å². The Morgan fingerprint density at radius 3 is 1.86 bits per heavy atom. The van der Waals surface area contributed by atoms with E-state index in [1.165, 1.54) is 12.5 Å². The number of hydrogen-bond acceptors (Lipinski definition) is 3. The quantitative estimate of drug-likeness (QED) is 0.777. The molecule has 3 nitrogen and oxygen atoms in total.